The Kier molecular flexibility index (Phi) is 4.57. The van der Waals surface area contributed by atoms with Crippen molar-refractivity contribution in [3.05, 3.63) is 45.2 Å². The van der Waals surface area contributed by atoms with E-state index >= 15 is 0 Å². The van der Waals surface area contributed by atoms with Gasteiger partial charge < -0.3 is 10.1 Å². The molecular weight excluding hydrogens is 330 g/mol. The van der Waals surface area contributed by atoms with Crippen LogP contribution in [0.2, 0.25) is 5.02 Å². The highest BCUT2D eigenvalue weighted by molar-refractivity contribution is 6.32. The second-order valence-electron chi connectivity index (χ2n) is 5.80. The standard InChI is InChI=1S/C17H18ClN3O3/c1-19-16(22)12-8-14(11-5-6-15(24-2)13(18)7-11)20-21(17(12)23)9-10-3-4-10/h5-8,10H,3-4,9H2,1-2H3,(H,19,22). The van der Waals surface area contributed by atoms with Gasteiger partial charge in [-0.15, -0.1) is 0 Å². The highest BCUT2D eigenvalue weighted by Crippen LogP contribution is 2.31. The molecule has 6 nitrogen and oxygen atoms in total. The Morgan fingerprint density at radius 2 is 2.17 bits per heavy atom. The van der Waals surface area contributed by atoms with Crippen LogP contribution in [0.4, 0.5) is 0 Å². The first-order valence-electron chi connectivity index (χ1n) is 7.71. The molecule has 3 rings (SSSR count). The summed E-state index contributed by atoms with van der Waals surface area (Å²) in [4.78, 5) is 24.5. The molecule has 1 saturated carbocycles. The van der Waals surface area contributed by atoms with E-state index < -0.39 is 5.91 Å². The Hall–Kier alpha value is -2.34. The number of carbonyl (C=O) groups is 1. The average Bonchev–Trinajstić information content (AvgIpc) is 3.40. The van der Waals surface area contributed by atoms with E-state index in [1.54, 1.807) is 25.3 Å². The summed E-state index contributed by atoms with van der Waals surface area (Å²) in [5.74, 6) is 0.591. The molecule has 24 heavy (non-hydrogen) atoms. The van der Waals surface area contributed by atoms with Gasteiger partial charge in [-0.25, -0.2) is 4.68 Å². The minimum Gasteiger partial charge on any atom is -0.495 e. The number of rotatable bonds is 5. The van der Waals surface area contributed by atoms with Crippen LogP contribution in [0.3, 0.4) is 0 Å². The summed E-state index contributed by atoms with van der Waals surface area (Å²) in [6.45, 7) is 0.528. The van der Waals surface area contributed by atoms with Crippen molar-refractivity contribution >= 4 is 17.5 Å². The van der Waals surface area contributed by atoms with Crippen molar-refractivity contribution in [1.82, 2.24) is 15.1 Å². The fourth-order valence-electron chi connectivity index (χ4n) is 2.47. The molecule has 0 unspecified atom stereocenters. The highest BCUT2D eigenvalue weighted by atomic mass is 35.5. The predicted molar refractivity (Wildman–Crippen MR) is 91.6 cm³/mol. The summed E-state index contributed by atoms with van der Waals surface area (Å²) in [7, 11) is 3.04. The summed E-state index contributed by atoms with van der Waals surface area (Å²) in [5, 5.41) is 7.36. The lowest BCUT2D eigenvalue weighted by Gasteiger charge is -2.11. The molecule has 126 valence electrons. The maximum absolute atomic E-state index is 12.5. The van der Waals surface area contributed by atoms with Crippen LogP contribution in [0.15, 0.2) is 29.1 Å². The number of hydrogen-bond donors (Lipinski definition) is 1. The van der Waals surface area contributed by atoms with E-state index in [2.05, 4.69) is 10.4 Å². The van der Waals surface area contributed by atoms with E-state index in [0.29, 0.717) is 28.9 Å². The monoisotopic (exact) mass is 347 g/mol. The number of benzene rings is 1. The zero-order valence-electron chi connectivity index (χ0n) is 13.5. The van der Waals surface area contributed by atoms with Gasteiger partial charge in [-0.05, 0) is 43.0 Å². The topological polar surface area (TPSA) is 73.2 Å². The number of methoxy groups -OCH3 is 1. The minimum absolute atomic E-state index is 0.0788. The van der Waals surface area contributed by atoms with Crippen LogP contribution in [0.25, 0.3) is 11.3 Å². The number of halogens is 1. The number of aromatic nitrogens is 2. The Bertz CT molecular complexity index is 843. The van der Waals surface area contributed by atoms with Gasteiger partial charge in [0.25, 0.3) is 11.5 Å². The molecule has 1 aliphatic carbocycles. The molecule has 0 radical (unpaired) electrons. The van der Waals surface area contributed by atoms with E-state index in [4.69, 9.17) is 16.3 Å². The lowest BCUT2D eigenvalue weighted by molar-refractivity contribution is 0.0960. The fourth-order valence-corrected chi connectivity index (χ4v) is 2.73. The second kappa shape index (κ2) is 6.65. The molecule has 0 bridgehead atoms. The molecule has 1 aromatic carbocycles. The second-order valence-corrected chi connectivity index (χ2v) is 6.21. The number of nitrogens with zero attached hydrogens (tertiary/aromatic N) is 2. The molecule has 2 aromatic rings. The molecule has 1 aromatic heterocycles. The maximum Gasteiger partial charge on any atom is 0.279 e. The molecule has 1 heterocycles. The SMILES string of the molecule is CNC(=O)c1cc(-c2ccc(OC)c(Cl)c2)nn(CC2CC2)c1=O. The molecule has 1 aliphatic rings. The molecular formula is C17H18ClN3O3. The van der Waals surface area contributed by atoms with E-state index in [0.717, 1.165) is 18.4 Å². The summed E-state index contributed by atoms with van der Waals surface area (Å²) < 4.78 is 6.53. The number of carbonyl (C=O) groups excluding carboxylic acids is 1. The Morgan fingerprint density at radius 1 is 1.42 bits per heavy atom. The smallest absolute Gasteiger partial charge is 0.279 e. The lowest BCUT2D eigenvalue weighted by Crippen LogP contribution is -2.33. The lowest BCUT2D eigenvalue weighted by atomic mass is 10.1. The molecule has 7 heteroatoms. The third-order valence-electron chi connectivity index (χ3n) is 4.02. The van der Waals surface area contributed by atoms with Crippen LogP contribution in [-0.4, -0.2) is 29.8 Å². The zero-order chi connectivity index (χ0) is 17.3. The fraction of sp³-hybridized carbons (Fsp3) is 0.353. The van der Waals surface area contributed by atoms with Crippen LogP contribution >= 0.6 is 11.6 Å². The number of hydrogen-bond acceptors (Lipinski definition) is 4. The molecule has 1 N–H and O–H groups in total. The average molecular weight is 348 g/mol. The van der Waals surface area contributed by atoms with Gasteiger partial charge in [0.1, 0.15) is 11.3 Å². The van der Waals surface area contributed by atoms with Crippen LogP contribution in [0.5, 0.6) is 5.75 Å². The van der Waals surface area contributed by atoms with Crippen LogP contribution in [0, 0.1) is 5.92 Å². The summed E-state index contributed by atoms with van der Waals surface area (Å²) in [5.41, 5.74) is 0.952. The molecule has 1 fully saturated rings. The van der Waals surface area contributed by atoms with Crippen molar-refractivity contribution in [3.63, 3.8) is 0 Å². The first kappa shape index (κ1) is 16.5. The van der Waals surface area contributed by atoms with Crippen molar-refractivity contribution in [3.8, 4) is 17.0 Å². The van der Waals surface area contributed by atoms with Gasteiger partial charge >= 0.3 is 0 Å². The normalized spacial score (nSPS) is 13.6. The van der Waals surface area contributed by atoms with E-state index in [1.165, 1.54) is 17.8 Å². The van der Waals surface area contributed by atoms with Crippen LogP contribution in [-0.2, 0) is 6.54 Å². The van der Waals surface area contributed by atoms with Crippen molar-refractivity contribution in [2.45, 2.75) is 19.4 Å². The van der Waals surface area contributed by atoms with Gasteiger partial charge in [-0.2, -0.15) is 5.10 Å². The molecule has 0 saturated heterocycles. The van der Waals surface area contributed by atoms with Crippen LogP contribution in [0.1, 0.15) is 23.2 Å². The summed E-state index contributed by atoms with van der Waals surface area (Å²) in [6.07, 6.45) is 2.17. The summed E-state index contributed by atoms with van der Waals surface area (Å²) >= 11 is 6.17. The quantitative estimate of drug-likeness (QED) is 0.901. The first-order valence-corrected chi connectivity index (χ1v) is 8.09. The minimum atomic E-state index is -0.423. The highest BCUT2D eigenvalue weighted by Gasteiger charge is 2.24. The predicted octanol–water partition coefficient (Wildman–Crippen LogP) is 2.34. The Morgan fingerprint density at radius 3 is 2.75 bits per heavy atom. The number of amides is 1. The Balaban J connectivity index is 2.10. The van der Waals surface area contributed by atoms with Crippen molar-refractivity contribution < 1.29 is 9.53 Å². The van der Waals surface area contributed by atoms with Gasteiger partial charge in [0.15, 0.2) is 0 Å². The van der Waals surface area contributed by atoms with E-state index in [-0.39, 0.29) is 11.1 Å². The van der Waals surface area contributed by atoms with Crippen molar-refractivity contribution in [2.75, 3.05) is 14.2 Å². The molecule has 1 amide bonds. The van der Waals surface area contributed by atoms with E-state index in [1.807, 2.05) is 0 Å². The van der Waals surface area contributed by atoms with Gasteiger partial charge in [0, 0.05) is 19.2 Å². The third kappa shape index (κ3) is 3.28. The Labute approximate surface area is 144 Å². The maximum atomic E-state index is 12.5. The molecule has 0 spiro atoms. The van der Waals surface area contributed by atoms with Crippen molar-refractivity contribution in [2.24, 2.45) is 5.92 Å². The number of ether oxygens (including phenoxy) is 1. The molecule has 0 aliphatic heterocycles. The summed E-state index contributed by atoms with van der Waals surface area (Å²) in [6, 6.07) is 6.74. The zero-order valence-corrected chi connectivity index (χ0v) is 14.3. The van der Waals surface area contributed by atoms with Crippen LogP contribution < -0.4 is 15.6 Å². The third-order valence-corrected chi connectivity index (χ3v) is 4.32. The van der Waals surface area contributed by atoms with E-state index in [9.17, 15) is 9.59 Å². The van der Waals surface area contributed by atoms with Gasteiger partial charge in [0.05, 0.1) is 17.8 Å². The van der Waals surface area contributed by atoms with Crippen molar-refractivity contribution in [1.29, 1.82) is 0 Å². The van der Waals surface area contributed by atoms with Gasteiger partial charge in [-0.1, -0.05) is 11.6 Å². The number of nitrogens with one attached hydrogen (secondary N) is 1. The molecule has 0 atom stereocenters. The van der Waals surface area contributed by atoms with Gasteiger partial charge in [0.2, 0.25) is 0 Å². The van der Waals surface area contributed by atoms with Gasteiger partial charge in [-0.3, -0.25) is 9.59 Å². The first-order chi connectivity index (χ1) is 11.5. The largest absolute Gasteiger partial charge is 0.495 e.